The number of piperazine rings is 1. The van der Waals surface area contributed by atoms with Crippen molar-refractivity contribution in [2.75, 3.05) is 44.3 Å². The lowest BCUT2D eigenvalue weighted by atomic mass is 9.96. The van der Waals surface area contributed by atoms with Gasteiger partial charge in [-0.25, -0.2) is 0 Å². The standard InChI is InChI=1S/C15H16BrN5O/c16-12-5-11-7-18-19-13(11)6-14(12)20-1-3-21(4-2-20)15(8-17)9-22-10-15/h5-7H,1-4,9-10H2,(H,18,19). The molecule has 0 unspecified atom stereocenters. The molecule has 2 saturated heterocycles. The second-order valence-corrected chi connectivity index (χ2v) is 6.73. The van der Waals surface area contributed by atoms with Crippen LogP contribution >= 0.6 is 15.9 Å². The quantitative estimate of drug-likeness (QED) is 0.882. The predicted octanol–water partition coefficient (Wildman–Crippen LogP) is 1.74. The van der Waals surface area contributed by atoms with Crippen LogP contribution in [0.5, 0.6) is 0 Å². The first-order valence-electron chi connectivity index (χ1n) is 7.33. The molecule has 6 nitrogen and oxygen atoms in total. The average molecular weight is 362 g/mol. The molecule has 114 valence electrons. The third kappa shape index (κ3) is 2.10. The number of anilines is 1. The number of aromatic amines is 1. The van der Waals surface area contributed by atoms with Crippen molar-refractivity contribution in [2.45, 2.75) is 5.54 Å². The van der Waals surface area contributed by atoms with E-state index in [0.29, 0.717) is 13.2 Å². The van der Waals surface area contributed by atoms with Crippen LogP contribution < -0.4 is 4.90 Å². The number of nitrogens with one attached hydrogen (secondary N) is 1. The van der Waals surface area contributed by atoms with Crippen molar-refractivity contribution in [3.05, 3.63) is 22.8 Å². The van der Waals surface area contributed by atoms with Gasteiger partial charge in [0.1, 0.15) is 0 Å². The summed E-state index contributed by atoms with van der Waals surface area (Å²) in [6.45, 7) is 4.64. The Morgan fingerprint density at radius 2 is 2.05 bits per heavy atom. The molecule has 1 aromatic carbocycles. The van der Waals surface area contributed by atoms with Crippen molar-refractivity contribution in [3.8, 4) is 6.07 Å². The summed E-state index contributed by atoms with van der Waals surface area (Å²) in [5.41, 5.74) is 1.82. The number of fused-ring (bicyclic) bond motifs is 1. The van der Waals surface area contributed by atoms with Crippen molar-refractivity contribution in [3.63, 3.8) is 0 Å². The zero-order valence-corrected chi connectivity index (χ0v) is 13.6. The lowest BCUT2D eigenvalue weighted by Gasteiger charge is -2.48. The highest BCUT2D eigenvalue weighted by molar-refractivity contribution is 9.10. The molecule has 1 aromatic heterocycles. The first-order valence-corrected chi connectivity index (χ1v) is 8.13. The van der Waals surface area contributed by atoms with Crippen molar-refractivity contribution in [1.82, 2.24) is 15.1 Å². The maximum absolute atomic E-state index is 9.41. The maximum Gasteiger partial charge on any atom is 0.156 e. The highest BCUT2D eigenvalue weighted by Crippen LogP contribution is 2.32. The molecule has 3 heterocycles. The van der Waals surface area contributed by atoms with Crippen molar-refractivity contribution < 1.29 is 4.74 Å². The topological polar surface area (TPSA) is 68.2 Å². The number of ether oxygens (including phenoxy) is 1. The van der Waals surface area contributed by atoms with Gasteiger partial charge in [-0.15, -0.1) is 0 Å². The van der Waals surface area contributed by atoms with Gasteiger partial charge in [-0.05, 0) is 28.1 Å². The molecule has 0 saturated carbocycles. The first-order chi connectivity index (χ1) is 10.7. The van der Waals surface area contributed by atoms with E-state index in [1.807, 2.05) is 6.20 Å². The average Bonchev–Trinajstić information content (AvgIpc) is 2.94. The normalized spacial score (nSPS) is 21.5. The molecule has 0 radical (unpaired) electrons. The Bertz CT molecular complexity index is 740. The number of hydrogen-bond donors (Lipinski definition) is 1. The molecule has 1 N–H and O–H groups in total. The SMILES string of the molecule is N#CC1(N2CCN(c3cc4[nH]ncc4cc3Br)CC2)COC1. The molecule has 2 fully saturated rings. The molecule has 22 heavy (non-hydrogen) atoms. The molecular formula is C15H16BrN5O. The summed E-state index contributed by atoms with van der Waals surface area (Å²) in [4.78, 5) is 4.61. The molecule has 2 aromatic rings. The van der Waals surface area contributed by atoms with Crippen LogP contribution in [-0.2, 0) is 4.74 Å². The van der Waals surface area contributed by atoms with E-state index < -0.39 is 5.54 Å². The molecule has 0 aliphatic carbocycles. The van der Waals surface area contributed by atoms with Crippen LogP contribution in [0.4, 0.5) is 5.69 Å². The van der Waals surface area contributed by atoms with Crippen LogP contribution in [0.3, 0.4) is 0 Å². The van der Waals surface area contributed by atoms with E-state index in [1.54, 1.807) is 0 Å². The highest BCUT2D eigenvalue weighted by Gasteiger charge is 2.45. The first kappa shape index (κ1) is 14.0. The molecule has 4 rings (SSSR count). The second kappa shape index (κ2) is 5.23. The van der Waals surface area contributed by atoms with Gasteiger partial charge in [-0.3, -0.25) is 10.00 Å². The Morgan fingerprint density at radius 3 is 2.68 bits per heavy atom. The van der Waals surface area contributed by atoms with Crippen LogP contribution in [0.15, 0.2) is 22.8 Å². The minimum atomic E-state index is -0.392. The Hall–Kier alpha value is -1.62. The van der Waals surface area contributed by atoms with Gasteiger partial charge in [0, 0.05) is 36.0 Å². The van der Waals surface area contributed by atoms with Crippen molar-refractivity contribution in [2.24, 2.45) is 0 Å². The van der Waals surface area contributed by atoms with E-state index in [4.69, 9.17) is 4.74 Å². The molecule has 2 aliphatic rings. The molecule has 0 amide bonds. The van der Waals surface area contributed by atoms with Gasteiger partial charge in [0.25, 0.3) is 0 Å². The number of aromatic nitrogens is 2. The Kier molecular flexibility index (Phi) is 3.33. The van der Waals surface area contributed by atoms with Crippen LogP contribution in [-0.4, -0.2) is 60.0 Å². The van der Waals surface area contributed by atoms with Crippen LogP contribution in [0.1, 0.15) is 0 Å². The number of hydrogen-bond acceptors (Lipinski definition) is 5. The van der Waals surface area contributed by atoms with Gasteiger partial charge < -0.3 is 9.64 Å². The van der Waals surface area contributed by atoms with Gasteiger partial charge >= 0.3 is 0 Å². The second-order valence-electron chi connectivity index (χ2n) is 5.87. The smallest absolute Gasteiger partial charge is 0.156 e. The zero-order valence-electron chi connectivity index (χ0n) is 12.0. The Morgan fingerprint density at radius 1 is 1.27 bits per heavy atom. The summed E-state index contributed by atoms with van der Waals surface area (Å²) in [5, 5.41) is 17.6. The summed E-state index contributed by atoms with van der Waals surface area (Å²) in [6.07, 6.45) is 1.83. The summed E-state index contributed by atoms with van der Waals surface area (Å²) in [6, 6.07) is 6.66. The van der Waals surface area contributed by atoms with E-state index in [-0.39, 0.29) is 0 Å². The lowest BCUT2D eigenvalue weighted by molar-refractivity contribution is -0.109. The summed E-state index contributed by atoms with van der Waals surface area (Å²) in [5.74, 6) is 0. The number of nitrogens with zero attached hydrogens (tertiary/aromatic N) is 4. The van der Waals surface area contributed by atoms with E-state index in [9.17, 15) is 5.26 Å². The van der Waals surface area contributed by atoms with Crippen LogP contribution in [0, 0.1) is 11.3 Å². The number of halogens is 1. The number of benzene rings is 1. The maximum atomic E-state index is 9.41. The third-order valence-corrected chi connectivity index (χ3v) is 5.26. The molecule has 0 spiro atoms. The summed E-state index contributed by atoms with van der Waals surface area (Å²) in [7, 11) is 0. The Labute approximate surface area is 136 Å². The number of rotatable bonds is 2. The fraction of sp³-hybridized carbons (Fsp3) is 0.467. The van der Waals surface area contributed by atoms with Crippen molar-refractivity contribution >= 4 is 32.5 Å². The number of nitriles is 1. The van der Waals surface area contributed by atoms with Gasteiger partial charge in [-0.2, -0.15) is 10.4 Å². The van der Waals surface area contributed by atoms with Crippen LogP contribution in [0.2, 0.25) is 0 Å². The molecule has 0 bridgehead atoms. The van der Waals surface area contributed by atoms with E-state index in [1.165, 1.54) is 5.69 Å². The third-order valence-electron chi connectivity index (χ3n) is 4.62. The molecular weight excluding hydrogens is 346 g/mol. The van der Waals surface area contributed by atoms with Gasteiger partial charge in [0.2, 0.25) is 0 Å². The Balaban J connectivity index is 1.53. The van der Waals surface area contributed by atoms with Crippen LogP contribution in [0.25, 0.3) is 10.9 Å². The number of H-pyrrole nitrogens is 1. The molecule has 0 atom stereocenters. The molecule has 7 heteroatoms. The highest BCUT2D eigenvalue weighted by atomic mass is 79.9. The lowest BCUT2D eigenvalue weighted by Crippen LogP contribution is -2.65. The van der Waals surface area contributed by atoms with E-state index >= 15 is 0 Å². The minimum absolute atomic E-state index is 0.392. The summed E-state index contributed by atoms with van der Waals surface area (Å²) >= 11 is 3.66. The minimum Gasteiger partial charge on any atom is -0.375 e. The predicted molar refractivity (Wildman–Crippen MR) is 86.7 cm³/mol. The fourth-order valence-corrected chi connectivity index (χ4v) is 3.80. The van der Waals surface area contributed by atoms with E-state index in [2.05, 4.69) is 54.1 Å². The fourth-order valence-electron chi connectivity index (χ4n) is 3.18. The largest absolute Gasteiger partial charge is 0.375 e. The van der Waals surface area contributed by atoms with Gasteiger partial charge in [0.05, 0.1) is 36.7 Å². The van der Waals surface area contributed by atoms with Crippen molar-refractivity contribution in [1.29, 1.82) is 5.26 Å². The van der Waals surface area contributed by atoms with E-state index in [0.717, 1.165) is 41.6 Å². The molecule has 2 aliphatic heterocycles. The van der Waals surface area contributed by atoms with Gasteiger partial charge in [-0.1, -0.05) is 0 Å². The monoisotopic (exact) mass is 361 g/mol. The van der Waals surface area contributed by atoms with Gasteiger partial charge in [0.15, 0.2) is 5.54 Å². The zero-order chi connectivity index (χ0) is 15.2. The summed E-state index contributed by atoms with van der Waals surface area (Å²) < 4.78 is 6.34.